The number of nitrogens with two attached hydrogens (primary N) is 1. The third-order valence-corrected chi connectivity index (χ3v) is 2.11. The van der Waals surface area contributed by atoms with Crippen molar-refractivity contribution in [2.45, 2.75) is 12.3 Å². The lowest BCUT2D eigenvalue weighted by atomic mass is 10.0. The minimum atomic E-state index is -2.42. The van der Waals surface area contributed by atoms with Crippen LogP contribution in [-0.2, 0) is 0 Å². The molecule has 0 aliphatic heterocycles. The molecular formula is C9H10ClF2N. The smallest absolute Gasteiger partial charge is 0.246 e. The van der Waals surface area contributed by atoms with E-state index in [1.807, 2.05) is 0 Å². The lowest BCUT2D eigenvalue weighted by Gasteiger charge is -2.13. The van der Waals surface area contributed by atoms with Gasteiger partial charge < -0.3 is 5.73 Å². The van der Waals surface area contributed by atoms with Crippen LogP contribution >= 0.6 is 11.6 Å². The van der Waals surface area contributed by atoms with Crippen molar-refractivity contribution >= 4 is 11.6 Å². The summed E-state index contributed by atoms with van der Waals surface area (Å²) in [5, 5.41) is 0.536. The first-order valence-electron chi connectivity index (χ1n) is 3.89. The van der Waals surface area contributed by atoms with E-state index in [9.17, 15) is 8.78 Å². The van der Waals surface area contributed by atoms with E-state index >= 15 is 0 Å². The van der Waals surface area contributed by atoms with Crippen LogP contribution in [0.3, 0.4) is 0 Å². The molecule has 2 N–H and O–H groups in total. The fourth-order valence-electron chi connectivity index (χ4n) is 1.09. The van der Waals surface area contributed by atoms with Crippen molar-refractivity contribution in [3.8, 4) is 0 Å². The average molecular weight is 206 g/mol. The topological polar surface area (TPSA) is 26.0 Å². The summed E-state index contributed by atoms with van der Waals surface area (Å²) in [7, 11) is 0. The number of alkyl halides is 2. The van der Waals surface area contributed by atoms with Gasteiger partial charge >= 0.3 is 0 Å². The van der Waals surface area contributed by atoms with Crippen molar-refractivity contribution in [1.82, 2.24) is 0 Å². The predicted octanol–water partition coefficient (Wildman–Crippen LogP) is 2.65. The Bertz CT molecular complexity index is 261. The SMILES string of the molecule is NCC(c1ccc(Cl)cc1)C(F)F. The van der Waals surface area contributed by atoms with Gasteiger partial charge in [-0.25, -0.2) is 8.78 Å². The number of hydrogen-bond acceptors (Lipinski definition) is 1. The highest BCUT2D eigenvalue weighted by Crippen LogP contribution is 2.23. The fraction of sp³-hybridized carbons (Fsp3) is 0.333. The van der Waals surface area contributed by atoms with E-state index in [-0.39, 0.29) is 6.54 Å². The second-order valence-electron chi connectivity index (χ2n) is 2.73. The Balaban J connectivity index is 2.86. The van der Waals surface area contributed by atoms with Crippen LogP contribution in [0.4, 0.5) is 8.78 Å². The molecule has 0 aliphatic carbocycles. The van der Waals surface area contributed by atoms with Crippen molar-refractivity contribution < 1.29 is 8.78 Å². The molecule has 0 fully saturated rings. The quantitative estimate of drug-likeness (QED) is 0.807. The van der Waals surface area contributed by atoms with Crippen LogP contribution in [0.15, 0.2) is 24.3 Å². The molecule has 4 heteroatoms. The number of rotatable bonds is 3. The first kappa shape index (κ1) is 10.4. The summed E-state index contributed by atoms with van der Waals surface area (Å²) in [5.41, 5.74) is 5.76. The Kier molecular flexibility index (Phi) is 3.63. The monoisotopic (exact) mass is 205 g/mol. The van der Waals surface area contributed by atoms with Crippen molar-refractivity contribution in [3.05, 3.63) is 34.9 Å². The molecule has 0 spiro atoms. The van der Waals surface area contributed by atoms with Gasteiger partial charge in [0.05, 0.1) is 5.92 Å². The standard InChI is InChI=1S/C9H10ClF2N/c10-7-3-1-6(2-4-7)8(5-13)9(11)12/h1-4,8-9H,5,13H2. The number of halogens is 3. The van der Waals surface area contributed by atoms with Gasteiger partial charge in [-0.3, -0.25) is 0 Å². The fourth-order valence-corrected chi connectivity index (χ4v) is 1.22. The van der Waals surface area contributed by atoms with E-state index in [2.05, 4.69) is 0 Å². The maximum Gasteiger partial charge on any atom is 0.246 e. The van der Waals surface area contributed by atoms with Crippen LogP contribution in [0.25, 0.3) is 0 Å². The molecule has 13 heavy (non-hydrogen) atoms. The lowest BCUT2D eigenvalue weighted by molar-refractivity contribution is 0.117. The van der Waals surface area contributed by atoms with E-state index in [0.717, 1.165) is 0 Å². The van der Waals surface area contributed by atoms with Crippen LogP contribution < -0.4 is 5.73 Å². The first-order chi connectivity index (χ1) is 6.15. The lowest BCUT2D eigenvalue weighted by Crippen LogP contribution is -2.19. The van der Waals surface area contributed by atoms with Gasteiger partial charge in [-0.05, 0) is 17.7 Å². The third-order valence-electron chi connectivity index (χ3n) is 1.86. The second-order valence-corrected chi connectivity index (χ2v) is 3.16. The molecule has 1 rings (SSSR count). The summed E-state index contributed by atoms with van der Waals surface area (Å²) < 4.78 is 24.7. The summed E-state index contributed by atoms with van der Waals surface area (Å²) >= 11 is 5.62. The molecule has 0 bridgehead atoms. The van der Waals surface area contributed by atoms with Crippen molar-refractivity contribution in [1.29, 1.82) is 0 Å². The minimum absolute atomic E-state index is 0.0563. The van der Waals surface area contributed by atoms with Gasteiger partial charge in [0.25, 0.3) is 0 Å². The van der Waals surface area contributed by atoms with Gasteiger partial charge in [0.15, 0.2) is 0 Å². The Labute approximate surface area is 80.5 Å². The van der Waals surface area contributed by atoms with Gasteiger partial charge in [-0.1, -0.05) is 23.7 Å². The predicted molar refractivity (Wildman–Crippen MR) is 49.3 cm³/mol. The Morgan fingerprint density at radius 2 is 1.77 bits per heavy atom. The van der Waals surface area contributed by atoms with Crippen LogP contribution in [0.1, 0.15) is 11.5 Å². The minimum Gasteiger partial charge on any atom is -0.330 e. The van der Waals surface area contributed by atoms with Gasteiger partial charge in [-0.2, -0.15) is 0 Å². The summed E-state index contributed by atoms with van der Waals surface area (Å²) in [6.45, 7) is -0.0563. The molecule has 1 unspecified atom stereocenters. The summed E-state index contributed by atoms with van der Waals surface area (Å²) in [4.78, 5) is 0. The highest BCUT2D eigenvalue weighted by atomic mass is 35.5. The van der Waals surface area contributed by atoms with E-state index in [1.54, 1.807) is 24.3 Å². The zero-order valence-electron chi connectivity index (χ0n) is 6.88. The van der Waals surface area contributed by atoms with E-state index in [0.29, 0.717) is 10.6 Å². The Hall–Kier alpha value is -0.670. The van der Waals surface area contributed by atoms with Crippen LogP contribution in [0.2, 0.25) is 5.02 Å². The van der Waals surface area contributed by atoms with Gasteiger partial charge in [0.2, 0.25) is 6.43 Å². The van der Waals surface area contributed by atoms with Crippen molar-refractivity contribution in [2.75, 3.05) is 6.54 Å². The molecule has 0 saturated carbocycles. The summed E-state index contributed by atoms with van der Waals surface area (Å²) in [5.74, 6) is -0.891. The highest BCUT2D eigenvalue weighted by Gasteiger charge is 2.20. The largest absolute Gasteiger partial charge is 0.330 e. The molecule has 0 aromatic heterocycles. The van der Waals surface area contributed by atoms with Crippen molar-refractivity contribution in [2.24, 2.45) is 5.73 Å². The summed E-state index contributed by atoms with van der Waals surface area (Å²) in [6, 6.07) is 6.32. The molecule has 1 nitrogen and oxygen atoms in total. The molecule has 1 aromatic carbocycles. The highest BCUT2D eigenvalue weighted by molar-refractivity contribution is 6.30. The first-order valence-corrected chi connectivity index (χ1v) is 4.26. The maximum absolute atomic E-state index is 12.4. The molecule has 0 radical (unpaired) electrons. The molecule has 0 heterocycles. The third kappa shape index (κ3) is 2.64. The van der Waals surface area contributed by atoms with Gasteiger partial charge in [-0.15, -0.1) is 0 Å². The zero-order valence-corrected chi connectivity index (χ0v) is 7.64. The van der Waals surface area contributed by atoms with E-state index in [1.165, 1.54) is 0 Å². The maximum atomic E-state index is 12.4. The van der Waals surface area contributed by atoms with Gasteiger partial charge in [0.1, 0.15) is 0 Å². The van der Waals surface area contributed by atoms with Crippen molar-refractivity contribution in [3.63, 3.8) is 0 Å². The number of hydrogen-bond donors (Lipinski definition) is 1. The molecule has 1 aromatic rings. The second kappa shape index (κ2) is 4.53. The molecule has 0 aliphatic rings. The van der Waals surface area contributed by atoms with E-state index in [4.69, 9.17) is 17.3 Å². The Morgan fingerprint density at radius 3 is 2.15 bits per heavy atom. The van der Waals surface area contributed by atoms with E-state index < -0.39 is 12.3 Å². The Morgan fingerprint density at radius 1 is 1.23 bits per heavy atom. The average Bonchev–Trinajstić information content (AvgIpc) is 2.09. The number of benzene rings is 1. The molecule has 72 valence electrons. The molecular weight excluding hydrogens is 196 g/mol. The molecule has 0 saturated heterocycles. The summed E-state index contributed by atoms with van der Waals surface area (Å²) in [6.07, 6.45) is -2.42. The zero-order chi connectivity index (χ0) is 9.84. The molecule has 1 atom stereocenters. The normalized spacial score (nSPS) is 13.3. The van der Waals surface area contributed by atoms with Crippen LogP contribution in [-0.4, -0.2) is 13.0 Å². The molecule has 0 amide bonds. The van der Waals surface area contributed by atoms with Crippen LogP contribution in [0.5, 0.6) is 0 Å². The van der Waals surface area contributed by atoms with Crippen LogP contribution in [0, 0.1) is 0 Å². The van der Waals surface area contributed by atoms with Gasteiger partial charge in [0, 0.05) is 11.6 Å².